The Morgan fingerprint density at radius 1 is 1.11 bits per heavy atom. The minimum absolute atomic E-state index is 0.109. The lowest BCUT2D eigenvalue weighted by Crippen LogP contribution is -2.44. The number of carbonyl (C=O) groups excluding carboxylic acids is 1. The van der Waals surface area contributed by atoms with Crippen LogP contribution in [0.2, 0.25) is 0 Å². The third-order valence-electron chi connectivity index (χ3n) is 7.81. The summed E-state index contributed by atoms with van der Waals surface area (Å²) >= 11 is 0. The van der Waals surface area contributed by atoms with Gasteiger partial charge in [-0.05, 0) is 57.7 Å². The smallest absolute Gasteiger partial charge is 0.219 e. The van der Waals surface area contributed by atoms with E-state index in [0.29, 0.717) is 17.8 Å². The Morgan fingerprint density at radius 2 is 1.89 bits per heavy atom. The third-order valence-corrected chi connectivity index (χ3v) is 7.81. The molecule has 2 aromatic rings. The molecule has 0 radical (unpaired) electrons. The molecule has 5 rings (SSSR count). The van der Waals surface area contributed by atoms with E-state index < -0.39 is 0 Å². The molecule has 4 heterocycles. The number of anilines is 1. The number of hydrogen-bond donors (Lipinski definition) is 1. The first kappa shape index (κ1) is 24.3. The lowest BCUT2D eigenvalue weighted by molar-refractivity contribution is 0.0843. The van der Waals surface area contributed by atoms with Gasteiger partial charge in [0.25, 0.3) is 0 Å². The fraction of sp³-hybridized carbons (Fsp3) is 0.630. The van der Waals surface area contributed by atoms with Crippen LogP contribution in [-0.2, 0) is 4.74 Å². The summed E-state index contributed by atoms with van der Waals surface area (Å²) in [6.45, 7) is 11.3. The van der Waals surface area contributed by atoms with Crippen molar-refractivity contribution in [2.75, 3.05) is 58.0 Å². The average Bonchev–Trinajstić information content (AvgIpc) is 3.54. The summed E-state index contributed by atoms with van der Waals surface area (Å²) in [4.78, 5) is 27.1. The van der Waals surface area contributed by atoms with E-state index in [1.807, 2.05) is 6.07 Å². The maximum absolute atomic E-state index is 12.4. The predicted molar refractivity (Wildman–Crippen MR) is 140 cm³/mol. The van der Waals surface area contributed by atoms with Crippen LogP contribution in [0.5, 0.6) is 5.75 Å². The second-order valence-electron chi connectivity index (χ2n) is 10.4. The fourth-order valence-corrected chi connectivity index (χ4v) is 5.69. The summed E-state index contributed by atoms with van der Waals surface area (Å²) < 4.78 is 12.3. The number of H-pyrrole nitrogens is 1. The van der Waals surface area contributed by atoms with Crippen molar-refractivity contribution in [1.82, 2.24) is 14.8 Å². The van der Waals surface area contributed by atoms with Crippen LogP contribution < -0.4 is 9.64 Å². The molecule has 0 atom stereocenters. The zero-order chi connectivity index (χ0) is 24.4. The SMILES string of the molecule is CN=CC(=O)c1cc2cc(OC3CCN(C(C)C)CC3)c(N3CCC(N4CCOC4)CC3)cc2[nH]1. The van der Waals surface area contributed by atoms with E-state index in [4.69, 9.17) is 9.47 Å². The van der Waals surface area contributed by atoms with Gasteiger partial charge >= 0.3 is 0 Å². The number of rotatable bonds is 7. The number of carbonyl (C=O) groups is 1. The Labute approximate surface area is 208 Å². The van der Waals surface area contributed by atoms with Crippen LogP contribution in [0.15, 0.2) is 23.2 Å². The molecule has 190 valence electrons. The molecule has 1 N–H and O–H groups in total. The van der Waals surface area contributed by atoms with E-state index in [2.05, 4.69) is 50.7 Å². The van der Waals surface area contributed by atoms with Gasteiger partial charge in [0.2, 0.25) is 5.78 Å². The number of ether oxygens (including phenoxy) is 2. The molecule has 0 unspecified atom stereocenters. The summed E-state index contributed by atoms with van der Waals surface area (Å²) in [5.74, 6) is 0.827. The highest BCUT2D eigenvalue weighted by molar-refractivity contribution is 6.35. The first-order valence-corrected chi connectivity index (χ1v) is 13.1. The number of fused-ring (bicyclic) bond motifs is 1. The quantitative estimate of drug-likeness (QED) is 0.482. The van der Waals surface area contributed by atoms with E-state index in [1.54, 1.807) is 7.05 Å². The number of likely N-dealkylation sites (tertiary alicyclic amines) is 1. The largest absolute Gasteiger partial charge is 0.488 e. The van der Waals surface area contributed by atoms with Crippen molar-refractivity contribution in [1.29, 1.82) is 0 Å². The molecule has 0 bridgehead atoms. The number of nitrogens with zero attached hydrogens (tertiary/aromatic N) is 4. The minimum Gasteiger partial charge on any atom is -0.488 e. The number of nitrogens with one attached hydrogen (secondary N) is 1. The van der Waals surface area contributed by atoms with Gasteiger partial charge in [-0.1, -0.05) is 0 Å². The molecule has 35 heavy (non-hydrogen) atoms. The van der Waals surface area contributed by atoms with Gasteiger partial charge in [-0.2, -0.15) is 0 Å². The van der Waals surface area contributed by atoms with Crippen molar-refractivity contribution in [3.05, 3.63) is 23.9 Å². The number of ketones is 1. The van der Waals surface area contributed by atoms with Crippen LogP contribution in [0, 0.1) is 0 Å². The van der Waals surface area contributed by atoms with Gasteiger partial charge in [-0.25, -0.2) is 0 Å². The topological polar surface area (TPSA) is 73.4 Å². The number of aromatic nitrogens is 1. The standard InChI is InChI=1S/C27H39N5O3/c1-19(2)30-10-6-22(7-11-30)35-27-15-20-14-24(26(33)17-28-3)29-23(20)16-25(27)31-8-4-21(5-9-31)32-12-13-34-18-32/h14-17,19,21-22,29H,4-13,18H2,1-3H3. The molecule has 8 nitrogen and oxygen atoms in total. The van der Waals surface area contributed by atoms with E-state index in [9.17, 15) is 4.79 Å². The Hall–Kier alpha value is -2.42. The predicted octanol–water partition coefficient (Wildman–Crippen LogP) is 3.56. The summed E-state index contributed by atoms with van der Waals surface area (Å²) in [6, 6.07) is 7.37. The number of benzene rings is 1. The van der Waals surface area contributed by atoms with Gasteiger partial charge in [-0.15, -0.1) is 0 Å². The molecule has 1 aromatic carbocycles. The van der Waals surface area contributed by atoms with E-state index in [1.165, 1.54) is 6.21 Å². The average molecular weight is 482 g/mol. The van der Waals surface area contributed by atoms with Crippen LogP contribution in [0.1, 0.15) is 50.0 Å². The molecule has 0 amide bonds. The highest BCUT2D eigenvalue weighted by atomic mass is 16.5. The van der Waals surface area contributed by atoms with Crippen molar-refractivity contribution in [2.24, 2.45) is 4.99 Å². The molecule has 0 saturated carbocycles. The molecule has 3 fully saturated rings. The van der Waals surface area contributed by atoms with Crippen LogP contribution in [0.3, 0.4) is 0 Å². The number of aliphatic imine (C=N–C) groups is 1. The highest BCUT2D eigenvalue weighted by Gasteiger charge is 2.29. The van der Waals surface area contributed by atoms with Crippen molar-refractivity contribution < 1.29 is 14.3 Å². The molecule has 0 spiro atoms. The molecule has 1 aromatic heterocycles. The van der Waals surface area contributed by atoms with Gasteiger partial charge in [-0.3, -0.25) is 14.7 Å². The molecule has 8 heteroatoms. The van der Waals surface area contributed by atoms with Crippen molar-refractivity contribution >= 4 is 28.6 Å². The lowest BCUT2D eigenvalue weighted by atomic mass is 10.0. The van der Waals surface area contributed by atoms with Crippen LogP contribution in [0.4, 0.5) is 5.69 Å². The second kappa shape index (κ2) is 10.7. The van der Waals surface area contributed by atoms with Crippen molar-refractivity contribution in [2.45, 2.75) is 57.7 Å². The van der Waals surface area contributed by atoms with Gasteiger partial charge in [0, 0.05) is 62.8 Å². The summed E-state index contributed by atoms with van der Waals surface area (Å²) in [6.07, 6.45) is 5.89. The summed E-state index contributed by atoms with van der Waals surface area (Å²) in [5.41, 5.74) is 2.65. The Morgan fingerprint density at radius 3 is 2.54 bits per heavy atom. The second-order valence-corrected chi connectivity index (χ2v) is 10.4. The van der Waals surface area contributed by atoms with E-state index in [0.717, 1.165) is 94.1 Å². The van der Waals surface area contributed by atoms with Crippen molar-refractivity contribution in [3.63, 3.8) is 0 Å². The fourth-order valence-electron chi connectivity index (χ4n) is 5.69. The van der Waals surface area contributed by atoms with Crippen molar-refractivity contribution in [3.8, 4) is 5.75 Å². The molecular weight excluding hydrogens is 442 g/mol. The Bertz CT molecular complexity index is 1040. The molecule has 3 aliphatic heterocycles. The Balaban J connectivity index is 1.38. The number of piperidine rings is 2. The van der Waals surface area contributed by atoms with Crippen LogP contribution >= 0.6 is 0 Å². The van der Waals surface area contributed by atoms with E-state index >= 15 is 0 Å². The lowest BCUT2D eigenvalue weighted by Gasteiger charge is -2.39. The monoisotopic (exact) mass is 481 g/mol. The maximum atomic E-state index is 12.4. The molecular formula is C27H39N5O3. The number of hydrogen-bond acceptors (Lipinski definition) is 7. The van der Waals surface area contributed by atoms with Gasteiger partial charge in [0.05, 0.1) is 30.9 Å². The molecule has 0 aliphatic carbocycles. The number of Topliss-reactive ketones (excluding diaryl/α,β-unsaturated/α-hetero) is 1. The molecule has 3 aliphatic rings. The zero-order valence-corrected chi connectivity index (χ0v) is 21.3. The normalized spacial score (nSPS) is 21.7. The summed E-state index contributed by atoms with van der Waals surface area (Å²) in [7, 11) is 1.62. The van der Waals surface area contributed by atoms with Gasteiger partial charge in [0.15, 0.2) is 0 Å². The zero-order valence-electron chi connectivity index (χ0n) is 21.3. The van der Waals surface area contributed by atoms with Gasteiger partial charge in [0.1, 0.15) is 11.9 Å². The summed E-state index contributed by atoms with van der Waals surface area (Å²) in [5, 5.41) is 1.00. The van der Waals surface area contributed by atoms with Crippen LogP contribution in [-0.4, -0.2) is 98.1 Å². The molecule has 3 saturated heterocycles. The first-order chi connectivity index (χ1) is 17.0. The van der Waals surface area contributed by atoms with Gasteiger partial charge < -0.3 is 24.3 Å². The Kier molecular flexibility index (Phi) is 7.41. The minimum atomic E-state index is -0.109. The maximum Gasteiger partial charge on any atom is 0.219 e. The third kappa shape index (κ3) is 5.39. The number of aromatic amines is 1. The van der Waals surface area contributed by atoms with Crippen LogP contribution in [0.25, 0.3) is 10.9 Å². The first-order valence-electron chi connectivity index (χ1n) is 13.1. The highest BCUT2D eigenvalue weighted by Crippen LogP contribution is 2.37. The van der Waals surface area contributed by atoms with E-state index in [-0.39, 0.29) is 11.9 Å².